The van der Waals surface area contributed by atoms with Crippen LogP contribution in [0.1, 0.15) is 32.7 Å². The Balaban J connectivity index is 1.26. The summed E-state index contributed by atoms with van der Waals surface area (Å²) in [5.41, 5.74) is 5.58. The Kier molecular flexibility index (Phi) is 6.30. The fourth-order valence-corrected chi connectivity index (χ4v) is 4.29. The SMILES string of the molecule is NC(=O)c1ccc(C(=O)N2CC3(CCN(C(=O)OCc4ccc(OC(F)(F)F)cc4F)C3)C2)cc1. The monoisotopic (exact) mass is 495 g/mol. The molecule has 2 saturated heterocycles. The van der Waals surface area contributed by atoms with E-state index >= 15 is 0 Å². The minimum Gasteiger partial charge on any atom is -0.444 e. The second-order valence-electron chi connectivity index (χ2n) is 8.63. The van der Waals surface area contributed by atoms with Gasteiger partial charge in [-0.1, -0.05) is 0 Å². The van der Waals surface area contributed by atoms with Crippen molar-refractivity contribution in [2.75, 3.05) is 26.2 Å². The van der Waals surface area contributed by atoms with Gasteiger partial charge in [0.1, 0.15) is 18.2 Å². The molecule has 8 nitrogen and oxygen atoms in total. The van der Waals surface area contributed by atoms with E-state index in [9.17, 15) is 31.9 Å². The van der Waals surface area contributed by atoms with Gasteiger partial charge in [-0.05, 0) is 42.8 Å². The maximum atomic E-state index is 14.0. The highest BCUT2D eigenvalue weighted by atomic mass is 19.4. The molecule has 2 fully saturated rings. The number of hydrogen-bond acceptors (Lipinski definition) is 5. The molecule has 0 aliphatic carbocycles. The second-order valence-corrected chi connectivity index (χ2v) is 8.63. The fraction of sp³-hybridized carbons (Fsp3) is 0.348. The van der Waals surface area contributed by atoms with Crippen LogP contribution >= 0.6 is 0 Å². The number of benzene rings is 2. The minimum absolute atomic E-state index is 0.0930. The summed E-state index contributed by atoms with van der Waals surface area (Å²) >= 11 is 0. The Hall–Kier alpha value is -3.83. The number of likely N-dealkylation sites (tertiary alicyclic amines) is 2. The summed E-state index contributed by atoms with van der Waals surface area (Å²) in [5.74, 6) is -2.48. The Morgan fingerprint density at radius 2 is 1.60 bits per heavy atom. The third-order valence-corrected chi connectivity index (χ3v) is 6.06. The van der Waals surface area contributed by atoms with Crippen molar-refractivity contribution in [3.63, 3.8) is 0 Å². The Morgan fingerprint density at radius 1 is 0.971 bits per heavy atom. The number of primary amides is 1. The van der Waals surface area contributed by atoms with Crippen LogP contribution in [0.25, 0.3) is 0 Å². The summed E-state index contributed by atoms with van der Waals surface area (Å²) in [6.45, 7) is 1.20. The molecule has 0 aromatic heterocycles. The number of rotatable bonds is 5. The predicted molar refractivity (Wildman–Crippen MR) is 113 cm³/mol. The molecular formula is C23H21F4N3O5. The Labute approximate surface area is 197 Å². The molecule has 2 aromatic rings. The first-order valence-corrected chi connectivity index (χ1v) is 10.6. The number of nitrogens with zero attached hydrogens (tertiary/aromatic N) is 2. The van der Waals surface area contributed by atoms with E-state index in [0.29, 0.717) is 49.8 Å². The van der Waals surface area contributed by atoms with Crippen molar-refractivity contribution in [3.8, 4) is 5.75 Å². The smallest absolute Gasteiger partial charge is 0.444 e. The molecule has 0 saturated carbocycles. The normalized spacial score (nSPS) is 16.7. The highest BCUT2D eigenvalue weighted by Crippen LogP contribution is 2.40. The minimum atomic E-state index is -4.94. The molecule has 3 amide bonds. The number of alkyl halides is 3. The standard InChI is InChI=1S/C23H21F4N3O5/c24-18-9-17(35-23(25,26)27)6-5-16(18)10-34-21(33)29-8-7-22(11-29)12-30(13-22)20(32)15-3-1-14(2-4-15)19(28)31/h1-6,9H,7-8,10-13H2,(H2,28,31). The van der Waals surface area contributed by atoms with Gasteiger partial charge in [0, 0.05) is 54.4 Å². The van der Waals surface area contributed by atoms with Crippen molar-refractivity contribution < 1.29 is 41.4 Å². The largest absolute Gasteiger partial charge is 0.573 e. The highest BCUT2D eigenvalue weighted by molar-refractivity contribution is 5.97. The molecule has 4 rings (SSSR count). The molecule has 1 spiro atoms. The highest BCUT2D eigenvalue weighted by Gasteiger charge is 2.50. The Morgan fingerprint density at radius 3 is 2.20 bits per heavy atom. The zero-order chi connectivity index (χ0) is 25.4. The molecule has 2 heterocycles. The van der Waals surface area contributed by atoms with Crippen LogP contribution < -0.4 is 10.5 Å². The lowest BCUT2D eigenvalue weighted by Gasteiger charge is -2.47. The zero-order valence-corrected chi connectivity index (χ0v) is 18.3. The van der Waals surface area contributed by atoms with Gasteiger partial charge in [-0.15, -0.1) is 13.2 Å². The second kappa shape index (κ2) is 9.08. The van der Waals surface area contributed by atoms with Gasteiger partial charge in [-0.3, -0.25) is 9.59 Å². The van der Waals surface area contributed by atoms with E-state index in [-0.39, 0.29) is 16.9 Å². The maximum Gasteiger partial charge on any atom is 0.573 e. The van der Waals surface area contributed by atoms with Gasteiger partial charge in [0.25, 0.3) is 5.91 Å². The number of carbonyl (C=O) groups excluding carboxylic acids is 3. The zero-order valence-electron chi connectivity index (χ0n) is 18.3. The predicted octanol–water partition coefficient (Wildman–Crippen LogP) is 3.31. The molecule has 2 aromatic carbocycles. The lowest BCUT2D eigenvalue weighted by Crippen LogP contribution is -2.59. The summed E-state index contributed by atoms with van der Waals surface area (Å²) in [4.78, 5) is 39.4. The lowest BCUT2D eigenvalue weighted by molar-refractivity contribution is -0.274. The first-order valence-electron chi connectivity index (χ1n) is 10.6. The summed E-state index contributed by atoms with van der Waals surface area (Å²) in [7, 11) is 0. The maximum absolute atomic E-state index is 14.0. The molecule has 2 aliphatic rings. The van der Waals surface area contributed by atoms with E-state index in [1.54, 1.807) is 4.90 Å². The van der Waals surface area contributed by atoms with Crippen LogP contribution in [-0.4, -0.2) is 60.2 Å². The van der Waals surface area contributed by atoms with Crippen molar-refractivity contribution in [3.05, 3.63) is 65.0 Å². The molecular weight excluding hydrogens is 474 g/mol. The van der Waals surface area contributed by atoms with Crippen LogP contribution in [0.4, 0.5) is 22.4 Å². The van der Waals surface area contributed by atoms with Crippen LogP contribution in [0.15, 0.2) is 42.5 Å². The van der Waals surface area contributed by atoms with Gasteiger partial charge >= 0.3 is 12.5 Å². The van der Waals surface area contributed by atoms with Gasteiger partial charge in [0.15, 0.2) is 0 Å². The van der Waals surface area contributed by atoms with E-state index in [1.165, 1.54) is 29.2 Å². The molecule has 2 aliphatic heterocycles. The van der Waals surface area contributed by atoms with Gasteiger partial charge < -0.3 is 25.0 Å². The fourth-order valence-electron chi connectivity index (χ4n) is 4.29. The molecule has 0 unspecified atom stereocenters. The molecule has 2 N–H and O–H groups in total. The third kappa shape index (κ3) is 5.47. The van der Waals surface area contributed by atoms with E-state index in [1.807, 2.05) is 0 Å². The average Bonchev–Trinajstić information content (AvgIpc) is 3.22. The van der Waals surface area contributed by atoms with Crippen LogP contribution in [-0.2, 0) is 11.3 Å². The number of nitrogens with two attached hydrogens (primary N) is 1. The van der Waals surface area contributed by atoms with Crippen molar-refractivity contribution in [2.45, 2.75) is 19.4 Å². The molecule has 0 radical (unpaired) electrons. The summed E-state index contributed by atoms with van der Waals surface area (Å²) in [6.07, 6.45) is -4.96. The average molecular weight is 495 g/mol. The summed E-state index contributed by atoms with van der Waals surface area (Å²) in [6, 6.07) is 8.60. The van der Waals surface area contributed by atoms with Crippen LogP contribution in [0, 0.1) is 11.2 Å². The van der Waals surface area contributed by atoms with Crippen LogP contribution in [0.3, 0.4) is 0 Å². The van der Waals surface area contributed by atoms with E-state index in [4.69, 9.17) is 10.5 Å². The molecule has 0 bridgehead atoms. The van der Waals surface area contributed by atoms with Crippen molar-refractivity contribution >= 4 is 17.9 Å². The van der Waals surface area contributed by atoms with E-state index in [0.717, 1.165) is 12.1 Å². The number of carbonyl (C=O) groups is 3. The van der Waals surface area contributed by atoms with Crippen LogP contribution in [0.2, 0.25) is 0 Å². The van der Waals surface area contributed by atoms with Gasteiger partial charge in [-0.2, -0.15) is 0 Å². The lowest BCUT2D eigenvalue weighted by atomic mass is 9.78. The van der Waals surface area contributed by atoms with E-state index < -0.39 is 36.5 Å². The first-order chi connectivity index (χ1) is 16.4. The quantitative estimate of drug-likeness (QED) is 0.642. The first kappa shape index (κ1) is 24.3. The number of hydrogen-bond donors (Lipinski definition) is 1. The van der Waals surface area contributed by atoms with Gasteiger partial charge in [0.2, 0.25) is 5.91 Å². The van der Waals surface area contributed by atoms with Gasteiger partial charge in [0.05, 0.1) is 0 Å². The molecule has 186 valence electrons. The van der Waals surface area contributed by atoms with Crippen molar-refractivity contribution in [1.29, 1.82) is 0 Å². The van der Waals surface area contributed by atoms with Crippen molar-refractivity contribution in [2.24, 2.45) is 11.1 Å². The number of amides is 3. The number of ether oxygens (including phenoxy) is 2. The summed E-state index contributed by atoms with van der Waals surface area (Å²) < 4.78 is 59.5. The summed E-state index contributed by atoms with van der Waals surface area (Å²) in [5, 5.41) is 0. The topological polar surface area (TPSA) is 102 Å². The van der Waals surface area contributed by atoms with Crippen LogP contribution in [0.5, 0.6) is 5.75 Å². The molecule has 12 heteroatoms. The third-order valence-electron chi connectivity index (χ3n) is 6.06. The molecule has 0 atom stereocenters. The molecule has 35 heavy (non-hydrogen) atoms. The van der Waals surface area contributed by atoms with E-state index in [2.05, 4.69) is 4.74 Å². The van der Waals surface area contributed by atoms with Gasteiger partial charge in [-0.25, -0.2) is 9.18 Å². The van der Waals surface area contributed by atoms with Crippen molar-refractivity contribution in [1.82, 2.24) is 9.80 Å². The number of halogens is 4. The Bertz CT molecular complexity index is 1150.